The summed E-state index contributed by atoms with van der Waals surface area (Å²) in [7, 11) is 0. The number of oxime groups is 1. The molecular formula is C18H14N2O2. The van der Waals surface area contributed by atoms with Crippen LogP contribution < -0.4 is 0 Å². The summed E-state index contributed by atoms with van der Waals surface area (Å²) in [5, 5.41) is 5.02. The van der Waals surface area contributed by atoms with Gasteiger partial charge in [-0.1, -0.05) is 47.6 Å². The van der Waals surface area contributed by atoms with Crippen LogP contribution in [0.4, 0.5) is 0 Å². The maximum absolute atomic E-state index is 11.1. The van der Waals surface area contributed by atoms with Gasteiger partial charge < -0.3 is 4.84 Å². The van der Waals surface area contributed by atoms with E-state index in [9.17, 15) is 4.79 Å². The molecule has 3 aromatic rings. The molecule has 0 fully saturated rings. The van der Waals surface area contributed by atoms with E-state index in [2.05, 4.69) is 10.1 Å². The number of pyridine rings is 1. The fraction of sp³-hybridized carbons (Fsp3) is 0.0556. The summed E-state index contributed by atoms with van der Waals surface area (Å²) in [4.78, 5) is 20.2. The quantitative estimate of drug-likeness (QED) is 0.421. The molecule has 0 aliphatic rings. The lowest BCUT2D eigenvalue weighted by atomic mass is 10.0. The molecule has 0 saturated heterocycles. The molecule has 0 aliphatic heterocycles. The lowest BCUT2D eigenvalue weighted by molar-refractivity contribution is -0.140. The average molecular weight is 290 g/mol. The van der Waals surface area contributed by atoms with Gasteiger partial charge in [-0.15, -0.1) is 0 Å². The van der Waals surface area contributed by atoms with Crippen LogP contribution in [0.15, 0.2) is 72.0 Å². The molecule has 0 saturated carbocycles. The van der Waals surface area contributed by atoms with E-state index >= 15 is 0 Å². The molecule has 0 bridgehead atoms. The van der Waals surface area contributed by atoms with E-state index in [-0.39, 0.29) is 0 Å². The van der Waals surface area contributed by atoms with Gasteiger partial charge in [0.05, 0.1) is 5.52 Å². The second-order valence-electron chi connectivity index (χ2n) is 4.80. The van der Waals surface area contributed by atoms with Crippen molar-refractivity contribution in [1.82, 2.24) is 4.98 Å². The fourth-order valence-corrected chi connectivity index (χ4v) is 2.20. The van der Waals surface area contributed by atoms with Crippen LogP contribution in [-0.2, 0) is 9.63 Å². The first-order valence-electron chi connectivity index (χ1n) is 6.90. The SMILES string of the molecule is CC(=O)ON=C(c1ccccc1)c1ccc2ncccc2c1. The lowest BCUT2D eigenvalue weighted by Gasteiger charge is -2.07. The topological polar surface area (TPSA) is 51.5 Å². The van der Waals surface area contributed by atoms with Crippen molar-refractivity contribution in [2.75, 3.05) is 0 Å². The number of hydrogen-bond acceptors (Lipinski definition) is 4. The number of carbonyl (C=O) groups is 1. The Bertz CT molecular complexity index is 842. The van der Waals surface area contributed by atoms with Crippen LogP contribution >= 0.6 is 0 Å². The summed E-state index contributed by atoms with van der Waals surface area (Å²) < 4.78 is 0. The second-order valence-corrected chi connectivity index (χ2v) is 4.80. The van der Waals surface area contributed by atoms with Crippen LogP contribution in [-0.4, -0.2) is 16.7 Å². The third-order valence-electron chi connectivity index (χ3n) is 3.19. The van der Waals surface area contributed by atoms with Crippen LogP contribution in [0.25, 0.3) is 10.9 Å². The summed E-state index contributed by atoms with van der Waals surface area (Å²) in [6.45, 7) is 1.33. The fourth-order valence-electron chi connectivity index (χ4n) is 2.20. The van der Waals surface area contributed by atoms with Gasteiger partial charge in [-0.2, -0.15) is 0 Å². The number of benzene rings is 2. The molecule has 108 valence electrons. The predicted octanol–water partition coefficient (Wildman–Crippen LogP) is 3.55. The van der Waals surface area contributed by atoms with E-state index in [4.69, 9.17) is 4.84 Å². The highest BCUT2D eigenvalue weighted by Gasteiger charge is 2.09. The molecule has 0 amide bonds. The first-order valence-corrected chi connectivity index (χ1v) is 6.90. The van der Waals surface area contributed by atoms with Gasteiger partial charge in [0.1, 0.15) is 5.71 Å². The first-order chi connectivity index (χ1) is 10.7. The van der Waals surface area contributed by atoms with Crippen molar-refractivity contribution in [2.45, 2.75) is 6.92 Å². The predicted molar refractivity (Wildman–Crippen MR) is 85.6 cm³/mol. The molecular weight excluding hydrogens is 276 g/mol. The molecule has 1 aromatic heterocycles. The van der Waals surface area contributed by atoms with Gasteiger partial charge >= 0.3 is 5.97 Å². The van der Waals surface area contributed by atoms with Crippen molar-refractivity contribution in [3.8, 4) is 0 Å². The molecule has 4 nitrogen and oxygen atoms in total. The summed E-state index contributed by atoms with van der Waals surface area (Å²) in [5.74, 6) is -0.448. The Morgan fingerprint density at radius 2 is 1.82 bits per heavy atom. The molecule has 3 rings (SSSR count). The van der Waals surface area contributed by atoms with Gasteiger partial charge in [0.2, 0.25) is 0 Å². The van der Waals surface area contributed by atoms with E-state index in [1.54, 1.807) is 6.20 Å². The van der Waals surface area contributed by atoms with E-state index in [0.29, 0.717) is 5.71 Å². The van der Waals surface area contributed by atoms with Gasteiger partial charge in [-0.05, 0) is 18.2 Å². The number of aromatic nitrogens is 1. The summed E-state index contributed by atoms with van der Waals surface area (Å²) in [6.07, 6.45) is 1.76. The van der Waals surface area contributed by atoms with Gasteiger partial charge in [0.15, 0.2) is 0 Å². The number of carbonyl (C=O) groups excluding carboxylic acids is 1. The number of rotatable bonds is 3. The van der Waals surface area contributed by atoms with Gasteiger partial charge in [-0.25, -0.2) is 4.79 Å². The Balaban J connectivity index is 2.11. The molecule has 2 aromatic carbocycles. The monoisotopic (exact) mass is 290 g/mol. The Morgan fingerprint density at radius 1 is 1.00 bits per heavy atom. The molecule has 0 spiro atoms. The van der Waals surface area contributed by atoms with E-state index in [1.165, 1.54) is 6.92 Å². The highest BCUT2D eigenvalue weighted by Crippen LogP contribution is 2.17. The molecule has 0 atom stereocenters. The van der Waals surface area contributed by atoms with Crippen molar-refractivity contribution in [3.63, 3.8) is 0 Å². The zero-order valence-corrected chi connectivity index (χ0v) is 12.1. The molecule has 0 radical (unpaired) electrons. The molecule has 22 heavy (non-hydrogen) atoms. The van der Waals surface area contributed by atoms with Crippen molar-refractivity contribution >= 4 is 22.6 Å². The number of fused-ring (bicyclic) bond motifs is 1. The third kappa shape index (κ3) is 3.01. The lowest BCUT2D eigenvalue weighted by Crippen LogP contribution is -2.06. The number of hydrogen-bond donors (Lipinski definition) is 0. The molecule has 0 aliphatic carbocycles. The highest BCUT2D eigenvalue weighted by atomic mass is 16.7. The Labute approximate surface area is 128 Å². The summed E-state index contributed by atoms with van der Waals surface area (Å²) >= 11 is 0. The van der Waals surface area contributed by atoms with Gasteiger partial charge in [0, 0.05) is 29.6 Å². The largest absolute Gasteiger partial charge is 0.332 e. The minimum absolute atomic E-state index is 0.448. The third-order valence-corrected chi connectivity index (χ3v) is 3.19. The molecule has 4 heteroatoms. The zero-order chi connectivity index (χ0) is 15.4. The zero-order valence-electron chi connectivity index (χ0n) is 12.1. The van der Waals surface area contributed by atoms with Crippen molar-refractivity contribution in [2.24, 2.45) is 5.16 Å². The Morgan fingerprint density at radius 3 is 2.59 bits per heavy atom. The minimum atomic E-state index is -0.448. The molecule has 0 unspecified atom stereocenters. The minimum Gasteiger partial charge on any atom is -0.318 e. The van der Waals surface area contributed by atoms with Crippen molar-refractivity contribution in [3.05, 3.63) is 78.0 Å². The first kappa shape index (κ1) is 13.9. The molecule has 0 N–H and O–H groups in total. The van der Waals surface area contributed by atoms with Crippen LogP contribution in [0.2, 0.25) is 0 Å². The van der Waals surface area contributed by atoms with Crippen LogP contribution in [0.3, 0.4) is 0 Å². The Hall–Kier alpha value is -3.01. The summed E-state index contributed by atoms with van der Waals surface area (Å²) in [5.41, 5.74) is 3.27. The van der Waals surface area contributed by atoms with Crippen LogP contribution in [0.1, 0.15) is 18.1 Å². The maximum Gasteiger partial charge on any atom is 0.332 e. The standard InChI is InChI=1S/C18H14N2O2/c1-13(21)22-20-18(14-6-3-2-4-7-14)16-9-10-17-15(12-16)8-5-11-19-17/h2-12H,1H3. The van der Waals surface area contributed by atoms with E-state index < -0.39 is 5.97 Å². The van der Waals surface area contributed by atoms with Crippen LogP contribution in [0.5, 0.6) is 0 Å². The van der Waals surface area contributed by atoms with E-state index in [1.807, 2.05) is 60.7 Å². The second kappa shape index (κ2) is 6.18. The van der Waals surface area contributed by atoms with Crippen molar-refractivity contribution < 1.29 is 9.63 Å². The van der Waals surface area contributed by atoms with Gasteiger partial charge in [0.25, 0.3) is 0 Å². The maximum atomic E-state index is 11.1. The normalized spacial score (nSPS) is 11.4. The smallest absolute Gasteiger partial charge is 0.318 e. The summed E-state index contributed by atoms with van der Waals surface area (Å²) in [6, 6.07) is 19.3. The van der Waals surface area contributed by atoms with E-state index in [0.717, 1.165) is 22.0 Å². The van der Waals surface area contributed by atoms with Gasteiger partial charge in [-0.3, -0.25) is 4.98 Å². The Kier molecular flexibility index (Phi) is 3.92. The van der Waals surface area contributed by atoms with Crippen LogP contribution in [0, 0.1) is 0 Å². The highest BCUT2D eigenvalue weighted by molar-refractivity contribution is 6.14. The van der Waals surface area contributed by atoms with Crippen molar-refractivity contribution in [1.29, 1.82) is 0 Å². The average Bonchev–Trinajstić information content (AvgIpc) is 2.55. The number of nitrogens with zero attached hydrogens (tertiary/aromatic N) is 2. The molecule has 1 heterocycles.